The van der Waals surface area contributed by atoms with Crippen LogP contribution in [0, 0.1) is 11.8 Å². The molecule has 2 saturated carbocycles. The second kappa shape index (κ2) is 10.5. The van der Waals surface area contributed by atoms with Crippen LogP contribution in [0.15, 0.2) is 30.3 Å². The summed E-state index contributed by atoms with van der Waals surface area (Å²) in [4.78, 5) is 2.51. The quantitative estimate of drug-likeness (QED) is 0.342. The Morgan fingerprint density at radius 2 is 1.42 bits per heavy atom. The molecular weight excluding hydrogens is 425 g/mol. The minimum absolute atomic E-state index is 0.140. The van der Waals surface area contributed by atoms with Crippen molar-refractivity contribution in [2.75, 3.05) is 6.54 Å². The van der Waals surface area contributed by atoms with Gasteiger partial charge in [0.05, 0.1) is 18.1 Å². The number of benzene rings is 1. The van der Waals surface area contributed by atoms with Crippen molar-refractivity contribution in [1.82, 2.24) is 4.90 Å². The van der Waals surface area contributed by atoms with Crippen LogP contribution >= 0.6 is 0 Å². The molecule has 2 aliphatic heterocycles. The molecule has 2 saturated heterocycles. The smallest absolute Gasteiger partial charge is 0.404 e. The SMILES string of the molecule is C[Si](C)(C)OC1CN1[C@@H](Cc1ccccc1)B1OC(C2CCCCC2)[C@@H](C2CCCCC2)O1. The van der Waals surface area contributed by atoms with E-state index in [-0.39, 0.29) is 31.5 Å². The van der Waals surface area contributed by atoms with E-state index < -0.39 is 8.32 Å². The molecule has 4 nitrogen and oxygen atoms in total. The molecule has 0 bridgehead atoms. The summed E-state index contributed by atoms with van der Waals surface area (Å²) in [7, 11) is -1.72. The first kappa shape index (κ1) is 24.1. The summed E-state index contributed by atoms with van der Waals surface area (Å²) >= 11 is 0. The minimum atomic E-state index is -1.58. The molecular formula is C27H44BNO3Si. The first-order valence-corrected chi connectivity index (χ1v) is 17.2. The lowest BCUT2D eigenvalue weighted by atomic mass is 9.74. The second-order valence-corrected chi connectivity index (χ2v) is 16.5. The van der Waals surface area contributed by atoms with Crippen LogP contribution in [0.3, 0.4) is 0 Å². The fraction of sp³-hybridized carbons (Fsp3) is 0.778. The molecule has 5 atom stereocenters. The van der Waals surface area contributed by atoms with Crippen LogP contribution in [-0.4, -0.2) is 51.3 Å². The molecule has 3 unspecified atom stereocenters. The highest BCUT2D eigenvalue weighted by molar-refractivity contribution is 6.69. The zero-order valence-corrected chi connectivity index (χ0v) is 22.1. The monoisotopic (exact) mass is 469 g/mol. The van der Waals surface area contributed by atoms with Gasteiger partial charge >= 0.3 is 7.12 Å². The van der Waals surface area contributed by atoms with E-state index in [0.29, 0.717) is 11.8 Å². The molecule has 5 rings (SSSR count). The van der Waals surface area contributed by atoms with Gasteiger partial charge in [0.2, 0.25) is 0 Å². The van der Waals surface area contributed by atoms with Crippen molar-refractivity contribution >= 4 is 15.4 Å². The summed E-state index contributed by atoms with van der Waals surface area (Å²) in [5.74, 6) is 1.58. The maximum Gasteiger partial charge on any atom is 0.476 e. The van der Waals surface area contributed by atoms with Crippen LogP contribution in [-0.2, 0) is 20.2 Å². The fourth-order valence-electron chi connectivity index (χ4n) is 6.58. The van der Waals surface area contributed by atoms with E-state index in [9.17, 15) is 0 Å². The predicted octanol–water partition coefficient (Wildman–Crippen LogP) is 6.06. The van der Waals surface area contributed by atoms with Gasteiger partial charge in [0.25, 0.3) is 0 Å². The van der Waals surface area contributed by atoms with Crippen molar-refractivity contribution in [3.05, 3.63) is 35.9 Å². The Hall–Kier alpha value is -0.658. The van der Waals surface area contributed by atoms with Crippen LogP contribution in [0.2, 0.25) is 19.6 Å². The van der Waals surface area contributed by atoms with E-state index in [1.54, 1.807) is 0 Å². The standard InChI is InChI=1S/C27H44BNO3Si/c1-33(2,3)32-25-20-29(25)24(19-21-13-7-4-8-14-21)28-30-26(22-15-9-5-10-16-22)27(31-28)23-17-11-6-12-18-23/h4,7-8,13-14,22-27H,5-6,9-12,15-20H2,1-3H3/t24-,25?,26+,27?,29?/m0/s1. The van der Waals surface area contributed by atoms with E-state index in [1.807, 2.05) is 0 Å². The summed E-state index contributed by atoms with van der Waals surface area (Å²) in [6, 6.07) is 10.9. The summed E-state index contributed by atoms with van der Waals surface area (Å²) in [6.07, 6.45) is 15.3. The van der Waals surface area contributed by atoms with Crippen molar-refractivity contribution in [2.24, 2.45) is 11.8 Å². The first-order valence-electron chi connectivity index (χ1n) is 13.8. The Kier molecular flexibility index (Phi) is 7.68. The highest BCUT2D eigenvalue weighted by Gasteiger charge is 2.55. The van der Waals surface area contributed by atoms with Gasteiger partial charge in [-0.05, 0) is 69.1 Å². The third-order valence-electron chi connectivity index (χ3n) is 8.26. The summed E-state index contributed by atoms with van der Waals surface area (Å²) < 4.78 is 20.4. The van der Waals surface area contributed by atoms with Gasteiger partial charge in [0.1, 0.15) is 6.23 Å². The minimum Gasteiger partial charge on any atom is -0.404 e. The molecule has 0 N–H and O–H groups in total. The van der Waals surface area contributed by atoms with Crippen LogP contribution in [0.5, 0.6) is 0 Å². The number of hydrogen-bond acceptors (Lipinski definition) is 4. The Balaban J connectivity index is 1.35. The van der Waals surface area contributed by atoms with Crippen molar-refractivity contribution in [2.45, 2.75) is 115 Å². The molecule has 1 aromatic carbocycles. The Bertz CT molecular complexity index is 721. The summed E-state index contributed by atoms with van der Waals surface area (Å²) in [5, 5.41) is 0. The molecule has 2 aliphatic carbocycles. The molecule has 0 spiro atoms. The zero-order valence-electron chi connectivity index (χ0n) is 21.1. The molecule has 6 heteroatoms. The van der Waals surface area contributed by atoms with E-state index in [0.717, 1.165) is 13.0 Å². The summed E-state index contributed by atoms with van der Waals surface area (Å²) in [6.45, 7) is 7.87. The van der Waals surface area contributed by atoms with Gasteiger partial charge in [-0.25, -0.2) is 0 Å². The van der Waals surface area contributed by atoms with Gasteiger partial charge in [-0.1, -0.05) is 68.9 Å². The molecule has 0 amide bonds. The summed E-state index contributed by atoms with van der Waals surface area (Å²) in [5.41, 5.74) is 1.36. The lowest BCUT2D eigenvalue weighted by Gasteiger charge is -2.35. The van der Waals surface area contributed by atoms with Crippen molar-refractivity contribution < 1.29 is 13.7 Å². The molecule has 33 heavy (non-hydrogen) atoms. The largest absolute Gasteiger partial charge is 0.476 e. The Labute approximate surface area is 203 Å². The first-order chi connectivity index (χ1) is 16.0. The van der Waals surface area contributed by atoms with Gasteiger partial charge in [-0.15, -0.1) is 0 Å². The van der Waals surface area contributed by atoms with Crippen molar-refractivity contribution in [3.63, 3.8) is 0 Å². The van der Waals surface area contributed by atoms with E-state index in [4.69, 9.17) is 13.7 Å². The lowest BCUT2D eigenvalue weighted by Crippen LogP contribution is -2.43. The van der Waals surface area contributed by atoms with Gasteiger partial charge < -0.3 is 13.7 Å². The van der Waals surface area contributed by atoms with E-state index in [2.05, 4.69) is 54.9 Å². The maximum atomic E-state index is 6.97. The fourth-order valence-corrected chi connectivity index (χ4v) is 7.61. The van der Waals surface area contributed by atoms with Crippen LogP contribution in [0.1, 0.15) is 69.8 Å². The van der Waals surface area contributed by atoms with Gasteiger partial charge in [0.15, 0.2) is 8.32 Å². The molecule has 0 aromatic heterocycles. The molecule has 0 radical (unpaired) electrons. The average molecular weight is 470 g/mol. The highest BCUT2D eigenvalue weighted by atomic mass is 28.4. The normalized spacial score (nSPS) is 32.8. The lowest BCUT2D eigenvalue weighted by molar-refractivity contribution is 0.0324. The van der Waals surface area contributed by atoms with Gasteiger partial charge in [-0.3, -0.25) is 4.90 Å². The van der Waals surface area contributed by atoms with Crippen LogP contribution in [0.25, 0.3) is 0 Å². The molecule has 182 valence electrons. The van der Waals surface area contributed by atoms with Crippen LogP contribution < -0.4 is 0 Å². The second-order valence-electron chi connectivity index (χ2n) is 12.0. The molecule has 1 aromatic rings. The van der Waals surface area contributed by atoms with Crippen molar-refractivity contribution in [1.29, 1.82) is 0 Å². The molecule has 4 fully saturated rings. The van der Waals surface area contributed by atoms with Gasteiger partial charge in [-0.2, -0.15) is 0 Å². The third kappa shape index (κ3) is 6.13. The van der Waals surface area contributed by atoms with E-state index >= 15 is 0 Å². The highest BCUT2D eigenvalue weighted by Crippen LogP contribution is 2.42. The predicted molar refractivity (Wildman–Crippen MR) is 138 cm³/mol. The molecule has 2 heterocycles. The zero-order chi connectivity index (χ0) is 22.8. The Morgan fingerprint density at radius 1 is 0.879 bits per heavy atom. The number of rotatable bonds is 8. The number of nitrogens with zero attached hydrogens (tertiary/aromatic N) is 1. The van der Waals surface area contributed by atoms with E-state index in [1.165, 1.54) is 69.8 Å². The van der Waals surface area contributed by atoms with Crippen molar-refractivity contribution in [3.8, 4) is 0 Å². The topological polar surface area (TPSA) is 30.7 Å². The molecule has 4 aliphatic rings. The maximum absolute atomic E-state index is 6.97. The third-order valence-corrected chi connectivity index (χ3v) is 9.24. The Morgan fingerprint density at radius 3 is 1.94 bits per heavy atom. The number of hydrogen-bond donors (Lipinski definition) is 0. The average Bonchev–Trinajstić information content (AvgIpc) is 3.41. The van der Waals surface area contributed by atoms with Crippen LogP contribution in [0.4, 0.5) is 0 Å². The van der Waals surface area contributed by atoms with Gasteiger partial charge in [0, 0.05) is 6.54 Å².